The standard InChI is InChI=1S/C17H19N3O3S/c1-11-8-15(23-4)16(9-12(11)2)24(21,22)19-14-6-5-7-20-10-13(3)18-17(14)20/h5-10,19H,1-4H3. The number of fused-ring (bicyclic) bond motifs is 1. The molecule has 6 nitrogen and oxygen atoms in total. The van der Waals surface area contributed by atoms with Gasteiger partial charge in [-0.2, -0.15) is 0 Å². The fourth-order valence-electron chi connectivity index (χ4n) is 2.55. The smallest absolute Gasteiger partial charge is 0.265 e. The van der Waals surface area contributed by atoms with Crippen LogP contribution < -0.4 is 9.46 Å². The average molecular weight is 345 g/mol. The van der Waals surface area contributed by atoms with Crippen LogP contribution in [0.15, 0.2) is 41.6 Å². The van der Waals surface area contributed by atoms with Crippen LogP contribution >= 0.6 is 0 Å². The van der Waals surface area contributed by atoms with Crippen LogP contribution in [0.2, 0.25) is 0 Å². The van der Waals surface area contributed by atoms with E-state index in [1.807, 2.05) is 33.2 Å². The van der Waals surface area contributed by atoms with E-state index in [2.05, 4.69) is 9.71 Å². The Labute approximate surface area is 141 Å². The summed E-state index contributed by atoms with van der Waals surface area (Å²) in [6.07, 6.45) is 3.66. The number of aryl methyl sites for hydroxylation is 3. The van der Waals surface area contributed by atoms with Crippen molar-refractivity contribution in [2.75, 3.05) is 11.8 Å². The highest BCUT2D eigenvalue weighted by Crippen LogP contribution is 2.29. The third-order valence-corrected chi connectivity index (χ3v) is 5.30. The molecular weight excluding hydrogens is 326 g/mol. The largest absolute Gasteiger partial charge is 0.495 e. The Morgan fingerprint density at radius 3 is 2.58 bits per heavy atom. The summed E-state index contributed by atoms with van der Waals surface area (Å²) in [5, 5.41) is 0. The predicted molar refractivity (Wildman–Crippen MR) is 93.2 cm³/mol. The van der Waals surface area contributed by atoms with Crippen LogP contribution in [0.5, 0.6) is 5.75 Å². The molecule has 0 aliphatic rings. The minimum absolute atomic E-state index is 0.110. The Balaban J connectivity index is 2.10. The molecule has 1 aromatic carbocycles. The van der Waals surface area contributed by atoms with Crippen LogP contribution in [-0.4, -0.2) is 24.9 Å². The summed E-state index contributed by atoms with van der Waals surface area (Å²) in [6, 6.07) is 6.80. The fourth-order valence-corrected chi connectivity index (χ4v) is 3.85. The van der Waals surface area contributed by atoms with Crippen molar-refractivity contribution in [1.82, 2.24) is 9.38 Å². The fraction of sp³-hybridized carbons (Fsp3) is 0.235. The zero-order valence-corrected chi connectivity index (χ0v) is 14.8. The number of nitrogens with zero attached hydrogens (tertiary/aromatic N) is 2. The number of sulfonamides is 1. The first-order chi connectivity index (χ1) is 11.3. The van der Waals surface area contributed by atoms with Gasteiger partial charge >= 0.3 is 0 Å². The lowest BCUT2D eigenvalue weighted by atomic mass is 10.1. The molecule has 7 heteroatoms. The van der Waals surface area contributed by atoms with E-state index in [4.69, 9.17) is 4.74 Å². The second kappa shape index (κ2) is 5.83. The highest BCUT2D eigenvalue weighted by molar-refractivity contribution is 7.92. The average Bonchev–Trinajstić information content (AvgIpc) is 2.90. The number of rotatable bonds is 4. The molecular formula is C17H19N3O3S. The summed E-state index contributed by atoms with van der Waals surface area (Å²) >= 11 is 0. The number of nitrogens with one attached hydrogen (secondary N) is 1. The molecule has 2 aromatic heterocycles. The predicted octanol–water partition coefficient (Wildman–Crippen LogP) is 3.07. The molecule has 0 aliphatic heterocycles. The molecule has 1 N–H and O–H groups in total. The van der Waals surface area contributed by atoms with E-state index in [1.165, 1.54) is 7.11 Å². The Morgan fingerprint density at radius 2 is 1.88 bits per heavy atom. The summed E-state index contributed by atoms with van der Waals surface area (Å²) in [7, 11) is -2.35. The van der Waals surface area contributed by atoms with Crippen LogP contribution in [0.1, 0.15) is 16.8 Å². The maximum Gasteiger partial charge on any atom is 0.265 e. The molecule has 0 unspecified atom stereocenters. The molecule has 2 heterocycles. The van der Waals surface area contributed by atoms with E-state index in [0.717, 1.165) is 16.8 Å². The number of hydrogen-bond donors (Lipinski definition) is 1. The van der Waals surface area contributed by atoms with Crippen LogP contribution in [0, 0.1) is 20.8 Å². The molecule has 0 saturated heterocycles. The van der Waals surface area contributed by atoms with Crippen LogP contribution in [0.25, 0.3) is 5.65 Å². The molecule has 3 aromatic rings. The lowest BCUT2D eigenvalue weighted by Gasteiger charge is -2.14. The van der Waals surface area contributed by atoms with Crippen molar-refractivity contribution in [3.63, 3.8) is 0 Å². The SMILES string of the molecule is COc1cc(C)c(C)cc1S(=O)(=O)Nc1cccn2cc(C)nc12. The number of anilines is 1. The van der Waals surface area contributed by atoms with Gasteiger partial charge in [0.2, 0.25) is 0 Å². The molecule has 24 heavy (non-hydrogen) atoms. The normalized spacial score (nSPS) is 11.7. The molecule has 0 spiro atoms. The number of pyridine rings is 1. The summed E-state index contributed by atoms with van der Waals surface area (Å²) in [5.41, 5.74) is 3.64. The quantitative estimate of drug-likeness (QED) is 0.789. The molecule has 0 saturated carbocycles. The van der Waals surface area contributed by atoms with Gasteiger partial charge in [-0.3, -0.25) is 4.72 Å². The maximum atomic E-state index is 12.9. The molecule has 0 bridgehead atoms. The third kappa shape index (κ3) is 2.82. The van der Waals surface area contributed by atoms with Gasteiger partial charge in [0.1, 0.15) is 10.6 Å². The number of benzene rings is 1. The minimum Gasteiger partial charge on any atom is -0.495 e. The van der Waals surface area contributed by atoms with Crippen molar-refractivity contribution < 1.29 is 13.2 Å². The lowest BCUT2D eigenvalue weighted by Crippen LogP contribution is -2.15. The highest BCUT2D eigenvalue weighted by Gasteiger charge is 2.22. The van der Waals surface area contributed by atoms with Gasteiger partial charge in [0.05, 0.1) is 18.5 Å². The van der Waals surface area contributed by atoms with Gasteiger partial charge in [-0.05, 0) is 56.2 Å². The molecule has 3 rings (SSSR count). The van der Waals surface area contributed by atoms with Crippen molar-refractivity contribution >= 4 is 21.4 Å². The third-order valence-electron chi connectivity index (χ3n) is 3.92. The second-order valence-electron chi connectivity index (χ2n) is 5.73. The molecule has 0 radical (unpaired) electrons. The topological polar surface area (TPSA) is 72.7 Å². The van der Waals surface area contributed by atoms with Crippen molar-refractivity contribution in [3.05, 3.63) is 53.5 Å². The molecule has 126 valence electrons. The van der Waals surface area contributed by atoms with E-state index in [0.29, 0.717) is 17.1 Å². The summed E-state index contributed by atoms with van der Waals surface area (Å²) < 4.78 is 35.4. The first-order valence-corrected chi connectivity index (χ1v) is 8.92. The zero-order valence-electron chi connectivity index (χ0n) is 14.0. The summed E-state index contributed by atoms with van der Waals surface area (Å²) in [5.74, 6) is 0.317. The van der Waals surface area contributed by atoms with Crippen molar-refractivity contribution in [2.24, 2.45) is 0 Å². The molecule has 0 amide bonds. The molecule has 0 aliphatic carbocycles. The summed E-state index contributed by atoms with van der Waals surface area (Å²) in [6.45, 7) is 5.64. The minimum atomic E-state index is -3.81. The van der Waals surface area contributed by atoms with Gasteiger partial charge in [-0.25, -0.2) is 13.4 Å². The van der Waals surface area contributed by atoms with Gasteiger partial charge in [0.15, 0.2) is 5.65 Å². The number of ether oxygens (including phenoxy) is 1. The number of aromatic nitrogens is 2. The first-order valence-electron chi connectivity index (χ1n) is 7.44. The second-order valence-corrected chi connectivity index (χ2v) is 7.38. The van der Waals surface area contributed by atoms with Gasteiger partial charge in [-0.1, -0.05) is 0 Å². The van der Waals surface area contributed by atoms with E-state index < -0.39 is 10.0 Å². The van der Waals surface area contributed by atoms with Gasteiger partial charge < -0.3 is 9.14 Å². The van der Waals surface area contributed by atoms with Gasteiger partial charge in [0.25, 0.3) is 10.0 Å². The number of imidazole rings is 1. The van der Waals surface area contributed by atoms with E-state index in [-0.39, 0.29) is 4.90 Å². The van der Waals surface area contributed by atoms with E-state index in [9.17, 15) is 8.42 Å². The van der Waals surface area contributed by atoms with E-state index >= 15 is 0 Å². The first kappa shape index (κ1) is 16.3. The Bertz CT molecular complexity index is 1020. The molecule has 0 atom stereocenters. The number of hydrogen-bond acceptors (Lipinski definition) is 4. The highest BCUT2D eigenvalue weighted by atomic mass is 32.2. The number of methoxy groups -OCH3 is 1. The lowest BCUT2D eigenvalue weighted by molar-refractivity contribution is 0.402. The summed E-state index contributed by atoms with van der Waals surface area (Å²) in [4.78, 5) is 4.48. The van der Waals surface area contributed by atoms with E-state index in [1.54, 1.807) is 28.7 Å². The van der Waals surface area contributed by atoms with Crippen molar-refractivity contribution in [3.8, 4) is 5.75 Å². The molecule has 0 fully saturated rings. The Kier molecular flexibility index (Phi) is 3.96. The van der Waals surface area contributed by atoms with Gasteiger partial charge in [0, 0.05) is 12.4 Å². The monoisotopic (exact) mass is 345 g/mol. The van der Waals surface area contributed by atoms with Crippen molar-refractivity contribution in [2.45, 2.75) is 25.7 Å². The Morgan fingerprint density at radius 1 is 1.17 bits per heavy atom. The Hall–Kier alpha value is -2.54. The maximum absolute atomic E-state index is 12.9. The zero-order chi connectivity index (χ0) is 17.5. The van der Waals surface area contributed by atoms with Crippen LogP contribution in [-0.2, 0) is 10.0 Å². The van der Waals surface area contributed by atoms with Crippen molar-refractivity contribution in [1.29, 1.82) is 0 Å². The van der Waals surface area contributed by atoms with Crippen LogP contribution in [0.3, 0.4) is 0 Å². The van der Waals surface area contributed by atoms with Crippen LogP contribution in [0.4, 0.5) is 5.69 Å². The van der Waals surface area contributed by atoms with Gasteiger partial charge in [-0.15, -0.1) is 0 Å².